The highest BCUT2D eigenvalue weighted by atomic mass is 32.1. The highest BCUT2D eigenvalue weighted by Gasteiger charge is 2.13. The fraction of sp³-hybridized carbons (Fsp3) is 0.286. The molecule has 2 aromatic rings. The van der Waals surface area contributed by atoms with E-state index in [-0.39, 0.29) is 5.97 Å². The van der Waals surface area contributed by atoms with Gasteiger partial charge in [-0.25, -0.2) is 9.78 Å². The number of nitrogen functional groups attached to an aromatic ring is 1. The van der Waals surface area contributed by atoms with Gasteiger partial charge in [-0.2, -0.15) is 0 Å². The number of benzene rings is 1. The maximum Gasteiger partial charge on any atom is 0.340 e. The van der Waals surface area contributed by atoms with Gasteiger partial charge in [0.05, 0.1) is 12.2 Å². The van der Waals surface area contributed by atoms with E-state index in [4.69, 9.17) is 10.5 Å². The van der Waals surface area contributed by atoms with Crippen molar-refractivity contribution < 1.29 is 9.53 Å². The standard InChI is InChI=1S/C14H16N2O2S/c1-3-6-18-14(17)11-7-10(4-5-12(11)15)13-16-9(2)8-19-13/h4-5,7-8H,3,6,15H2,1-2H3. The van der Waals surface area contributed by atoms with Crippen molar-refractivity contribution >= 4 is 23.0 Å². The van der Waals surface area contributed by atoms with Crippen LogP contribution in [0.25, 0.3) is 10.6 Å². The third-order valence-electron chi connectivity index (χ3n) is 2.58. The Morgan fingerprint density at radius 3 is 2.89 bits per heavy atom. The van der Waals surface area contributed by atoms with Crippen LogP contribution >= 0.6 is 11.3 Å². The Labute approximate surface area is 116 Å². The normalized spacial score (nSPS) is 10.4. The lowest BCUT2D eigenvalue weighted by atomic mass is 10.1. The summed E-state index contributed by atoms with van der Waals surface area (Å²) in [6.07, 6.45) is 0.789. The van der Waals surface area contributed by atoms with Gasteiger partial charge in [-0.15, -0.1) is 11.3 Å². The van der Waals surface area contributed by atoms with Crippen LogP contribution in [0.5, 0.6) is 0 Å². The van der Waals surface area contributed by atoms with E-state index < -0.39 is 0 Å². The van der Waals surface area contributed by atoms with Gasteiger partial charge >= 0.3 is 5.97 Å². The predicted molar refractivity (Wildman–Crippen MR) is 77.3 cm³/mol. The summed E-state index contributed by atoms with van der Waals surface area (Å²) in [4.78, 5) is 16.3. The van der Waals surface area contributed by atoms with Crippen LogP contribution in [-0.2, 0) is 4.74 Å². The Morgan fingerprint density at radius 2 is 2.26 bits per heavy atom. The number of nitrogens with two attached hydrogens (primary N) is 1. The van der Waals surface area contributed by atoms with Crippen LogP contribution in [0.2, 0.25) is 0 Å². The molecule has 1 aromatic carbocycles. The first-order chi connectivity index (χ1) is 9.11. The number of ether oxygens (including phenoxy) is 1. The minimum atomic E-state index is -0.380. The number of carbonyl (C=O) groups is 1. The van der Waals surface area contributed by atoms with E-state index in [1.54, 1.807) is 23.5 Å². The molecule has 2 N–H and O–H groups in total. The molecule has 0 saturated carbocycles. The van der Waals surface area contributed by atoms with Crippen molar-refractivity contribution in [2.45, 2.75) is 20.3 Å². The summed E-state index contributed by atoms with van der Waals surface area (Å²) in [6.45, 7) is 4.29. The molecule has 1 heterocycles. The van der Waals surface area contributed by atoms with Crippen LogP contribution in [0, 0.1) is 6.92 Å². The van der Waals surface area contributed by atoms with Gasteiger partial charge in [0.15, 0.2) is 0 Å². The number of esters is 1. The first-order valence-corrected chi connectivity index (χ1v) is 6.99. The number of aryl methyl sites for hydroxylation is 1. The summed E-state index contributed by atoms with van der Waals surface area (Å²) in [5, 5.41) is 2.85. The smallest absolute Gasteiger partial charge is 0.340 e. The number of aromatic nitrogens is 1. The molecule has 0 atom stereocenters. The van der Waals surface area contributed by atoms with E-state index in [1.165, 1.54) is 0 Å². The fourth-order valence-electron chi connectivity index (χ4n) is 1.63. The van der Waals surface area contributed by atoms with E-state index >= 15 is 0 Å². The maximum atomic E-state index is 11.9. The lowest BCUT2D eigenvalue weighted by Crippen LogP contribution is -2.09. The number of thiazole rings is 1. The van der Waals surface area contributed by atoms with Gasteiger partial charge in [0.2, 0.25) is 0 Å². The first-order valence-electron chi connectivity index (χ1n) is 6.11. The van der Waals surface area contributed by atoms with Crippen molar-refractivity contribution in [2.24, 2.45) is 0 Å². The molecule has 0 aliphatic heterocycles. The second-order valence-electron chi connectivity index (χ2n) is 4.23. The van der Waals surface area contributed by atoms with Crippen molar-refractivity contribution in [3.8, 4) is 10.6 Å². The van der Waals surface area contributed by atoms with Gasteiger partial charge in [0, 0.05) is 22.3 Å². The lowest BCUT2D eigenvalue weighted by Gasteiger charge is -2.07. The average molecular weight is 276 g/mol. The molecular weight excluding hydrogens is 260 g/mol. The quantitative estimate of drug-likeness (QED) is 0.687. The largest absolute Gasteiger partial charge is 0.462 e. The molecule has 0 bridgehead atoms. The average Bonchev–Trinajstić information content (AvgIpc) is 2.83. The fourth-order valence-corrected chi connectivity index (χ4v) is 2.42. The van der Waals surface area contributed by atoms with Crippen LogP contribution in [0.4, 0.5) is 5.69 Å². The minimum Gasteiger partial charge on any atom is -0.462 e. The molecule has 0 saturated heterocycles. The van der Waals surface area contributed by atoms with E-state index in [0.717, 1.165) is 22.7 Å². The number of anilines is 1. The highest BCUT2D eigenvalue weighted by molar-refractivity contribution is 7.13. The zero-order valence-corrected chi connectivity index (χ0v) is 11.8. The van der Waals surface area contributed by atoms with Crippen LogP contribution in [0.3, 0.4) is 0 Å². The predicted octanol–water partition coefficient (Wildman–Crippen LogP) is 3.27. The lowest BCUT2D eigenvalue weighted by molar-refractivity contribution is 0.0506. The van der Waals surface area contributed by atoms with Crippen molar-refractivity contribution in [1.82, 2.24) is 4.98 Å². The summed E-state index contributed by atoms with van der Waals surface area (Å²) in [5.41, 5.74) is 8.51. The molecule has 5 heteroatoms. The molecule has 0 aliphatic rings. The number of hydrogen-bond acceptors (Lipinski definition) is 5. The summed E-state index contributed by atoms with van der Waals surface area (Å²) >= 11 is 1.54. The molecule has 4 nitrogen and oxygen atoms in total. The molecule has 0 unspecified atom stereocenters. The second kappa shape index (κ2) is 5.84. The Balaban J connectivity index is 2.31. The monoisotopic (exact) mass is 276 g/mol. The molecule has 2 rings (SSSR count). The molecule has 0 amide bonds. The van der Waals surface area contributed by atoms with Crippen molar-refractivity contribution in [1.29, 1.82) is 0 Å². The second-order valence-corrected chi connectivity index (χ2v) is 5.09. The number of hydrogen-bond donors (Lipinski definition) is 1. The first kappa shape index (κ1) is 13.5. The van der Waals surface area contributed by atoms with E-state index in [1.807, 2.05) is 25.3 Å². The van der Waals surface area contributed by atoms with E-state index in [9.17, 15) is 4.79 Å². The third kappa shape index (κ3) is 3.12. The van der Waals surface area contributed by atoms with Gasteiger partial charge in [0.25, 0.3) is 0 Å². The topological polar surface area (TPSA) is 65.2 Å². The zero-order valence-electron chi connectivity index (χ0n) is 11.0. The number of rotatable bonds is 4. The number of carbonyl (C=O) groups excluding carboxylic acids is 1. The Bertz CT molecular complexity index is 593. The van der Waals surface area contributed by atoms with Crippen molar-refractivity contribution in [2.75, 3.05) is 12.3 Å². The van der Waals surface area contributed by atoms with Gasteiger partial charge in [-0.1, -0.05) is 6.92 Å². The van der Waals surface area contributed by atoms with Gasteiger partial charge in [-0.3, -0.25) is 0 Å². The highest BCUT2D eigenvalue weighted by Crippen LogP contribution is 2.27. The number of nitrogens with zero attached hydrogens (tertiary/aromatic N) is 1. The van der Waals surface area contributed by atoms with Crippen LogP contribution in [0.15, 0.2) is 23.6 Å². The van der Waals surface area contributed by atoms with E-state index in [0.29, 0.717) is 17.9 Å². The molecule has 0 fully saturated rings. The Morgan fingerprint density at radius 1 is 1.47 bits per heavy atom. The Hall–Kier alpha value is -1.88. The van der Waals surface area contributed by atoms with Crippen LogP contribution in [-0.4, -0.2) is 17.6 Å². The van der Waals surface area contributed by atoms with Crippen molar-refractivity contribution in [3.05, 3.63) is 34.8 Å². The Kier molecular flexibility index (Phi) is 4.16. The van der Waals surface area contributed by atoms with Gasteiger partial charge < -0.3 is 10.5 Å². The summed E-state index contributed by atoms with van der Waals surface area (Å²) in [6, 6.07) is 5.32. The molecule has 0 aliphatic carbocycles. The minimum absolute atomic E-state index is 0.380. The van der Waals surface area contributed by atoms with Gasteiger partial charge in [-0.05, 0) is 31.5 Å². The molecule has 1 aromatic heterocycles. The zero-order chi connectivity index (χ0) is 13.8. The summed E-state index contributed by atoms with van der Waals surface area (Å²) in [7, 11) is 0. The molecule has 0 spiro atoms. The van der Waals surface area contributed by atoms with Crippen molar-refractivity contribution in [3.63, 3.8) is 0 Å². The molecule has 100 valence electrons. The van der Waals surface area contributed by atoms with Gasteiger partial charge in [0.1, 0.15) is 5.01 Å². The maximum absolute atomic E-state index is 11.9. The molecule has 0 radical (unpaired) electrons. The summed E-state index contributed by atoms with van der Waals surface area (Å²) in [5.74, 6) is -0.380. The van der Waals surface area contributed by atoms with E-state index in [2.05, 4.69) is 4.98 Å². The SMILES string of the molecule is CCCOC(=O)c1cc(-c2nc(C)cs2)ccc1N. The van der Waals surface area contributed by atoms with Crippen LogP contribution < -0.4 is 5.73 Å². The molecule has 19 heavy (non-hydrogen) atoms. The third-order valence-corrected chi connectivity index (χ3v) is 3.59. The molecular formula is C14H16N2O2S. The van der Waals surface area contributed by atoms with Crippen LogP contribution in [0.1, 0.15) is 29.4 Å². The summed E-state index contributed by atoms with van der Waals surface area (Å²) < 4.78 is 5.12.